The maximum atomic E-state index is 5.26. The van der Waals surface area contributed by atoms with Gasteiger partial charge in [-0.05, 0) is 48.0 Å². The number of benzodiazepines with no additional fused rings is 1. The molecule has 0 bridgehead atoms. The Kier molecular flexibility index (Phi) is 6.01. The summed E-state index contributed by atoms with van der Waals surface area (Å²) in [6.45, 7) is 1.73. The molecule has 1 aliphatic heterocycles. The average molecular weight is 401 g/mol. The lowest BCUT2D eigenvalue weighted by molar-refractivity contribution is 0.414. The van der Waals surface area contributed by atoms with E-state index in [4.69, 9.17) is 9.73 Å². The van der Waals surface area contributed by atoms with E-state index in [0.717, 1.165) is 24.6 Å². The predicted molar refractivity (Wildman–Crippen MR) is 124 cm³/mol. The SMILES string of the molecule is COc1ccc(Sc2ccccc2C=CC2=NCCN(C)c3ccccc32)cc1. The van der Waals surface area contributed by atoms with E-state index < -0.39 is 0 Å². The van der Waals surface area contributed by atoms with Crippen molar-refractivity contribution in [2.75, 3.05) is 32.1 Å². The van der Waals surface area contributed by atoms with Gasteiger partial charge >= 0.3 is 0 Å². The van der Waals surface area contributed by atoms with Gasteiger partial charge in [0.05, 0.1) is 19.4 Å². The molecule has 3 aromatic rings. The predicted octanol–water partition coefficient (Wildman–Crippen LogP) is 5.80. The smallest absolute Gasteiger partial charge is 0.118 e. The molecule has 0 fully saturated rings. The Labute approximate surface area is 176 Å². The summed E-state index contributed by atoms with van der Waals surface area (Å²) in [5.41, 5.74) is 4.64. The van der Waals surface area contributed by atoms with E-state index in [-0.39, 0.29) is 0 Å². The van der Waals surface area contributed by atoms with Crippen LogP contribution < -0.4 is 9.64 Å². The highest BCUT2D eigenvalue weighted by molar-refractivity contribution is 7.99. The molecule has 0 atom stereocenters. The van der Waals surface area contributed by atoms with Crippen LogP contribution >= 0.6 is 11.8 Å². The van der Waals surface area contributed by atoms with Crippen LogP contribution in [0.5, 0.6) is 5.75 Å². The molecule has 4 rings (SSSR count). The third-order valence-electron chi connectivity index (χ3n) is 4.94. The van der Waals surface area contributed by atoms with Crippen molar-refractivity contribution in [2.45, 2.75) is 9.79 Å². The van der Waals surface area contributed by atoms with Crippen LogP contribution in [0.3, 0.4) is 0 Å². The quantitative estimate of drug-likeness (QED) is 0.541. The van der Waals surface area contributed by atoms with Gasteiger partial charge in [-0.1, -0.05) is 54.2 Å². The normalized spacial score (nSPS) is 13.7. The molecule has 1 aliphatic rings. The Morgan fingerprint density at radius 2 is 1.69 bits per heavy atom. The van der Waals surface area contributed by atoms with Gasteiger partial charge in [-0.25, -0.2) is 0 Å². The summed E-state index contributed by atoms with van der Waals surface area (Å²) in [6.07, 6.45) is 4.32. The van der Waals surface area contributed by atoms with Crippen LogP contribution in [0.4, 0.5) is 5.69 Å². The fourth-order valence-corrected chi connectivity index (χ4v) is 4.27. The number of para-hydroxylation sites is 1. The third-order valence-corrected chi connectivity index (χ3v) is 6.04. The molecule has 0 saturated heterocycles. The van der Waals surface area contributed by atoms with Crippen molar-refractivity contribution in [1.29, 1.82) is 0 Å². The van der Waals surface area contributed by atoms with Crippen molar-refractivity contribution in [3.63, 3.8) is 0 Å². The zero-order valence-corrected chi connectivity index (χ0v) is 17.5. The molecule has 29 heavy (non-hydrogen) atoms. The van der Waals surface area contributed by atoms with E-state index >= 15 is 0 Å². The van der Waals surface area contributed by atoms with Gasteiger partial charge in [-0.3, -0.25) is 4.99 Å². The molecular formula is C25H24N2OS. The van der Waals surface area contributed by atoms with Gasteiger partial charge in [0.15, 0.2) is 0 Å². The highest BCUT2D eigenvalue weighted by Crippen LogP contribution is 2.32. The maximum Gasteiger partial charge on any atom is 0.118 e. The zero-order chi connectivity index (χ0) is 20.1. The first-order chi connectivity index (χ1) is 14.2. The van der Waals surface area contributed by atoms with Crippen molar-refractivity contribution in [1.82, 2.24) is 0 Å². The minimum Gasteiger partial charge on any atom is -0.497 e. The lowest BCUT2D eigenvalue weighted by atomic mass is 10.1. The van der Waals surface area contributed by atoms with Crippen molar-refractivity contribution in [3.05, 3.63) is 90.0 Å². The summed E-state index contributed by atoms with van der Waals surface area (Å²) in [4.78, 5) is 9.50. The van der Waals surface area contributed by atoms with Crippen LogP contribution in [-0.4, -0.2) is 33.0 Å². The van der Waals surface area contributed by atoms with E-state index in [9.17, 15) is 0 Å². The molecule has 0 aliphatic carbocycles. The lowest BCUT2D eigenvalue weighted by Gasteiger charge is -2.18. The lowest BCUT2D eigenvalue weighted by Crippen LogP contribution is -2.20. The molecule has 0 amide bonds. The van der Waals surface area contributed by atoms with Gasteiger partial charge in [-0.15, -0.1) is 0 Å². The first-order valence-corrected chi connectivity index (χ1v) is 10.5. The number of aliphatic imine (C=N–C) groups is 1. The van der Waals surface area contributed by atoms with Crippen LogP contribution in [0, 0.1) is 0 Å². The fraction of sp³-hybridized carbons (Fsp3) is 0.160. The summed E-state index contributed by atoms with van der Waals surface area (Å²) < 4.78 is 5.26. The van der Waals surface area contributed by atoms with E-state index in [2.05, 4.69) is 84.8 Å². The largest absolute Gasteiger partial charge is 0.497 e. The molecule has 0 N–H and O–H groups in total. The minimum absolute atomic E-state index is 0.799. The Balaban J connectivity index is 1.60. The Morgan fingerprint density at radius 3 is 2.52 bits per heavy atom. The van der Waals surface area contributed by atoms with Crippen molar-refractivity contribution < 1.29 is 4.74 Å². The van der Waals surface area contributed by atoms with Gasteiger partial charge in [0.1, 0.15) is 5.75 Å². The molecule has 3 nitrogen and oxygen atoms in total. The average Bonchev–Trinajstić information content (AvgIpc) is 2.93. The molecule has 146 valence electrons. The van der Waals surface area contributed by atoms with Gasteiger partial charge < -0.3 is 9.64 Å². The van der Waals surface area contributed by atoms with Gasteiger partial charge in [-0.2, -0.15) is 0 Å². The first kappa shape index (κ1) is 19.3. The summed E-state index contributed by atoms with van der Waals surface area (Å²) in [6, 6.07) is 25.1. The molecule has 0 saturated carbocycles. The van der Waals surface area contributed by atoms with Gasteiger partial charge in [0.2, 0.25) is 0 Å². The number of nitrogens with zero attached hydrogens (tertiary/aromatic N) is 2. The highest BCUT2D eigenvalue weighted by Gasteiger charge is 2.13. The Morgan fingerprint density at radius 1 is 0.931 bits per heavy atom. The van der Waals surface area contributed by atoms with Crippen LogP contribution in [-0.2, 0) is 0 Å². The van der Waals surface area contributed by atoms with Crippen molar-refractivity contribution in [3.8, 4) is 5.75 Å². The fourth-order valence-electron chi connectivity index (χ4n) is 3.34. The number of benzene rings is 3. The topological polar surface area (TPSA) is 24.8 Å². The number of methoxy groups -OCH3 is 1. The summed E-state index contributed by atoms with van der Waals surface area (Å²) in [7, 11) is 3.82. The Hall–Kier alpha value is -2.98. The van der Waals surface area contributed by atoms with Crippen LogP contribution in [0.1, 0.15) is 11.1 Å². The standard InChI is InChI=1S/C25H24N2OS/c1-27-18-17-26-23(22-8-4-5-9-24(22)27)16-11-19-7-3-6-10-25(19)29-21-14-12-20(28-2)13-15-21/h3-16H,17-18H2,1-2H3. The second kappa shape index (κ2) is 9.01. The summed E-state index contributed by atoms with van der Waals surface area (Å²) in [5.74, 6) is 0.873. The molecule has 0 unspecified atom stereocenters. The van der Waals surface area contributed by atoms with E-state index in [1.807, 2.05) is 12.1 Å². The number of rotatable bonds is 5. The van der Waals surface area contributed by atoms with E-state index in [1.165, 1.54) is 26.6 Å². The van der Waals surface area contributed by atoms with Crippen molar-refractivity contribution >= 4 is 29.2 Å². The number of hydrogen-bond acceptors (Lipinski definition) is 4. The number of fused-ring (bicyclic) bond motifs is 1. The van der Waals surface area contributed by atoms with Crippen LogP contribution in [0.25, 0.3) is 6.08 Å². The second-order valence-electron chi connectivity index (χ2n) is 6.85. The number of anilines is 1. The first-order valence-electron chi connectivity index (χ1n) is 9.68. The highest BCUT2D eigenvalue weighted by atomic mass is 32.2. The summed E-state index contributed by atoms with van der Waals surface area (Å²) >= 11 is 1.76. The Bertz CT molecular complexity index is 1040. The molecule has 3 aromatic carbocycles. The number of ether oxygens (including phenoxy) is 1. The zero-order valence-electron chi connectivity index (χ0n) is 16.7. The maximum absolute atomic E-state index is 5.26. The van der Waals surface area contributed by atoms with Gasteiger partial charge in [0, 0.05) is 34.6 Å². The molecule has 0 aromatic heterocycles. The molecular weight excluding hydrogens is 376 g/mol. The third kappa shape index (κ3) is 4.54. The minimum atomic E-state index is 0.799. The number of likely N-dealkylation sites (N-methyl/N-ethyl adjacent to an activating group) is 1. The molecule has 0 radical (unpaired) electrons. The van der Waals surface area contributed by atoms with Crippen LogP contribution in [0.2, 0.25) is 0 Å². The van der Waals surface area contributed by atoms with E-state index in [0.29, 0.717) is 0 Å². The monoisotopic (exact) mass is 400 g/mol. The van der Waals surface area contributed by atoms with Gasteiger partial charge in [0.25, 0.3) is 0 Å². The molecule has 4 heteroatoms. The number of allylic oxidation sites excluding steroid dienone is 1. The summed E-state index contributed by atoms with van der Waals surface area (Å²) in [5, 5.41) is 0. The molecule has 0 spiro atoms. The molecule has 1 heterocycles. The second-order valence-corrected chi connectivity index (χ2v) is 7.97. The number of hydrogen-bond donors (Lipinski definition) is 0. The van der Waals surface area contributed by atoms with E-state index in [1.54, 1.807) is 18.9 Å². The van der Waals surface area contributed by atoms with Crippen LogP contribution in [0.15, 0.2) is 93.7 Å². The van der Waals surface area contributed by atoms with Crippen molar-refractivity contribution in [2.24, 2.45) is 4.99 Å².